The molecule has 1 fully saturated rings. The summed E-state index contributed by atoms with van der Waals surface area (Å²) < 4.78 is 32.1. The van der Waals surface area contributed by atoms with Crippen molar-refractivity contribution in [3.8, 4) is 22.3 Å². The van der Waals surface area contributed by atoms with Gasteiger partial charge in [-0.15, -0.1) is 0 Å². The molecule has 1 aliphatic heterocycles. The summed E-state index contributed by atoms with van der Waals surface area (Å²) in [4.78, 5) is 14.4. The zero-order valence-electron chi connectivity index (χ0n) is 20.7. The molecule has 4 heterocycles. The molecule has 1 saturated heterocycles. The van der Waals surface area contributed by atoms with E-state index in [-0.39, 0.29) is 19.0 Å². The molecular formula is C28H26F2N6O2. The van der Waals surface area contributed by atoms with E-state index >= 15 is 0 Å². The molecule has 2 unspecified atom stereocenters. The number of pyridine rings is 1. The van der Waals surface area contributed by atoms with E-state index in [1.807, 2.05) is 43.7 Å². The SMILES string of the molecule is Cn1cc(-c2ccc3c(-c4cc(NC(=O)N5CCC(O)C5)cc(C5=CC=C(F)CC5F)c4)cnn3c2)cn1. The number of nitrogens with one attached hydrogen (secondary N) is 1. The fourth-order valence-corrected chi connectivity index (χ4v) is 5.01. The van der Waals surface area contributed by atoms with E-state index in [0.29, 0.717) is 29.8 Å². The Morgan fingerprint density at radius 2 is 1.89 bits per heavy atom. The Bertz CT molecular complexity index is 1600. The van der Waals surface area contributed by atoms with E-state index in [1.54, 1.807) is 32.6 Å². The first-order valence-electron chi connectivity index (χ1n) is 12.4. The number of β-amino-alcohol motifs (C(OH)–C–C–N with tert-alkyl or cyclic N) is 1. The maximum absolute atomic E-state index is 14.9. The van der Waals surface area contributed by atoms with Crippen LogP contribution >= 0.6 is 0 Å². The van der Waals surface area contributed by atoms with Gasteiger partial charge in [-0.1, -0.05) is 12.1 Å². The molecule has 8 nitrogen and oxygen atoms in total. The van der Waals surface area contributed by atoms with E-state index in [2.05, 4.69) is 15.5 Å². The highest BCUT2D eigenvalue weighted by atomic mass is 19.1. The third kappa shape index (κ3) is 4.58. The number of rotatable bonds is 4. The number of fused-ring (bicyclic) bond motifs is 1. The summed E-state index contributed by atoms with van der Waals surface area (Å²) in [7, 11) is 1.86. The van der Waals surface area contributed by atoms with Crippen molar-refractivity contribution in [2.24, 2.45) is 7.05 Å². The Kier molecular flexibility index (Phi) is 6.03. The predicted molar refractivity (Wildman–Crippen MR) is 141 cm³/mol. The van der Waals surface area contributed by atoms with Crippen LogP contribution in [0.4, 0.5) is 19.3 Å². The fraction of sp³-hybridized carbons (Fsp3) is 0.250. The van der Waals surface area contributed by atoms with Crippen LogP contribution in [-0.4, -0.2) is 60.8 Å². The van der Waals surface area contributed by atoms with Gasteiger partial charge in [-0.3, -0.25) is 4.68 Å². The monoisotopic (exact) mass is 516 g/mol. The molecule has 6 rings (SSSR count). The maximum Gasteiger partial charge on any atom is 0.321 e. The van der Waals surface area contributed by atoms with Crippen LogP contribution in [0.3, 0.4) is 0 Å². The van der Waals surface area contributed by atoms with Gasteiger partial charge >= 0.3 is 6.03 Å². The second-order valence-electron chi connectivity index (χ2n) is 9.73. The lowest BCUT2D eigenvalue weighted by Gasteiger charge is -2.20. The zero-order valence-corrected chi connectivity index (χ0v) is 20.7. The van der Waals surface area contributed by atoms with Crippen molar-refractivity contribution in [1.29, 1.82) is 0 Å². The van der Waals surface area contributed by atoms with Gasteiger partial charge in [0.05, 0.1) is 24.0 Å². The number of nitrogens with zero attached hydrogens (tertiary/aromatic N) is 5. The van der Waals surface area contributed by atoms with E-state index < -0.39 is 18.1 Å². The number of benzene rings is 1. The number of alkyl halides is 1. The first kappa shape index (κ1) is 24.1. The normalized spacial score (nSPS) is 19.5. The summed E-state index contributed by atoms with van der Waals surface area (Å²) in [5, 5.41) is 21.5. The highest BCUT2D eigenvalue weighted by Gasteiger charge is 2.26. The summed E-state index contributed by atoms with van der Waals surface area (Å²) in [6, 6.07) is 8.93. The van der Waals surface area contributed by atoms with Crippen molar-refractivity contribution < 1.29 is 18.7 Å². The highest BCUT2D eigenvalue weighted by Crippen LogP contribution is 2.36. The molecule has 38 heavy (non-hydrogen) atoms. The van der Waals surface area contributed by atoms with Gasteiger partial charge in [0.15, 0.2) is 0 Å². The molecule has 2 N–H and O–H groups in total. The van der Waals surface area contributed by atoms with Gasteiger partial charge in [-0.25, -0.2) is 18.1 Å². The number of likely N-dealkylation sites (tertiary alicyclic amines) is 1. The van der Waals surface area contributed by atoms with Gasteiger partial charge in [0.2, 0.25) is 0 Å². The standard InChI is InChI=1S/C28H26F2N6O2/c1-34-14-20(12-31-34)17-2-5-27-25(13-32-36(27)15-17)19-8-18(24-4-3-21(29)11-26(24)30)9-22(10-19)33-28(38)35-7-6-23(37)16-35/h2-5,8-10,12-15,23,26,37H,6-7,11,16H2,1H3,(H,33,38). The Morgan fingerprint density at radius 3 is 2.63 bits per heavy atom. The van der Waals surface area contributed by atoms with Crippen molar-refractivity contribution in [3.05, 3.63) is 78.7 Å². The molecule has 3 aromatic heterocycles. The molecule has 2 amide bonds. The van der Waals surface area contributed by atoms with Crippen LogP contribution in [0.1, 0.15) is 18.4 Å². The molecule has 10 heteroatoms. The molecule has 4 aromatic rings. The number of halogens is 2. The summed E-state index contributed by atoms with van der Waals surface area (Å²) >= 11 is 0. The fourth-order valence-electron chi connectivity index (χ4n) is 5.01. The van der Waals surface area contributed by atoms with Crippen LogP contribution in [0.2, 0.25) is 0 Å². The first-order chi connectivity index (χ1) is 18.3. The number of amides is 2. The summed E-state index contributed by atoms with van der Waals surface area (Å²) in [5.74, 6) is -0.509. The lowest BCUT2D eigenvalue weighted by atomic mass is 9.92. The van der Waals surface area contributed by atoms with Crippen molar-refractivity contribution in [2.45, 2.75) is 25.1 Å². The number of aliphatic hydroxyl groups is 1. The molecule has 1 aliphatic carbocycles. The summed E-state index contributed by atoms with van der Waals surface area (Å²) in [6.45, 7) is 0.710. The summed E-state index contributed by atoms with van der Waals surface area (Å²) in [5.41, 5.74) is 5.63. The quantitative estimate of drug-likeness (QED) is 0.401. The number of aromatic nitrogens is 4. The number of aryl methyl sites for hydroxylation is 1. The molecule has 194 valence electrons. The van der Waals surface area contributed by atoms with Crippen LogP contribution < -0.4 is 5.32 Å². The molecule has 1 aromatic carbocycles. The predicted octanol–water partition coefficient (Wildman–Crippen LogP) is 4.98. The average Bonchev–Trinajstić information content (AvgIpc) is 3.63. The van der Waals surface area contributed by atoms with Crippen molar-refractivity contribution in [3.63, 3.8) is 0 Å². The Labute approximate surface area is 217 Å². The second kappa shape index (κ2) is 9.53. The highest BCUT2D eigenvalue weighted by molar-refractivity contribution is 5.93. The smallest absolute Gasteiger partial charge is 0.321 e. The summed E-state index contributed by atoms with van der Waals surface area (Å²) in [6.07, 6.45) is 8.23. The third-order valence-electron chi connectivity index (χ3n) is 6.99. The molecule has 0 radical (unpaired) electrons. The second-order valence-corrected chi connectivity index (χ2v) is 9.73. The van der Waals surface area contributed by atoms with Crippen LogP contribution in [0, 0.1) is 0 Å². The first-order valence-corrected chi connectivity index (χ1v) is 12.4. The van der Waals surface area contributed by atoms with Gasteiger partial charge in [0.1, 0.15) is 12.0 Å². The number of urea groups is 1. The van der Waals surface area contributed by atoms with E-state index in [9.17, 15) is 18.7 Å². The Hall–Kier alpha value is -4.31. The molecule has 0 spiro atoms. The minimum Gasteiger partial charge on any atom is -0.391 e. The number of hydrogen-bond acceptors (Lipinski definition) is 4. The van der Waals surface area contributed by atoms with E-state index in [1.165, 1.54) is 12.2 Å². The number of anilines is 1. The average molecular weight is 517 g/mol. The molecule has 0 saturated carbocycles. The number of hydrogen-bond donors (Lipinski definition) is 2. The largest absolute Gasteiger partial charge is 0.391 e. The lowest BCUT2D eigenvalue weighted by molar-refractivity contribution is 0.176. The van der Waals surface area contributed by atoms with Crippen molar-refractivity contribution >= 4 is 22.8 Å². The Morgan fingerprint density at radius 1 is 1.05 bits per heavy atom. The molecular weight excluding hydrogens is 490 g/mol. The molecule has 0 bridgehead atoms. The number of carbonyl (C=O) groups is 1. The topological polar surface area (TPSA) is 87.7 Å². The third-order valence-corrected chi connectivity index (χ3v) is 6.99. The Balaban J connectivity index is 1.41. The van der Waals surface area contributed by atoms with Gasteiger partial charge in [0.25, 0.3) is 0 Å². The van der Waals surface area contributed by atoms with Gasteiger partial charge in [0, 0.05) is 61.3 Å². The van der Waals surface area contributed by atoms with Crippen LogP contribution in [0.5, 0.6) is 0 Å². The molecule has 2 aliphatic rings. The van der Waals surface area contributed by atoms with E-state index in [4.69, 9.17) is 0 Å². The van der Waals surface area contributed by atoms with Gasteiger partial charge in [-0.2, -0.15) is 10.2 Å². The maximum atomic E-state index is 14.9. The lowest BCUT2D eigenvalue weighted by Crippen LogP contribution is -2.33. The van der Waals surface area contributed by atoms with Gasteiger partial charge in [-0.05, 0) is 53.5 Å². The van der Waals surface area contributed by atoms with Crippen LogP contribution in [-0.2, 0) is 7.05 Å². The van der Waals surface area contributed by atoms with Crippen molar-refractivity contribution in [1.82, 2.24) is 24.3 Å². The van der Waals surface area contributed by atoms with E-state index in [0.717, 1.165) is 27.8 Å². The zero-order chi connectivity index (χ0) is 26.4. The number of carbonyl (C=O) groups excluding carboxylic acids is 1. The minimum atomic E-state index is -1.50. The van der Waals surface area contributed by atoms with Gasteiger partial charge < -0.3 is 15.3 Å². The number of aliphatic hydroxyl groups excluding tert-OH is 1. The molecule has 2 atom stereocenters. The van der Waals surface area contributed by atoms with Crippen LogP contribution in [0.25, 0.3) is 33.3 Å². The minimum absolute atomic E-state index is 0.257. The van der Waals surface area contributed by atoms with Crippen LogP contribution in [0.15, 0.2) is 73.1 Å². The van der Waals surface area contributed by atoms with Crippen molar-refractivity contribution in [2.75, 3.05) is 18.4 Å². The number of allylic oxidation sites excluding steroid dienone is 4.